The number of amides is 1. The van der Waals surface area contributed by atoms with Crippen LogP contribution in [0.4, 0.5) is 23.2 Å². The maximum Gasteiger partial charge on any atom is 0.322 e. The monoisotopic (exact) mass is 882 g/mol. The zero-order chi connectivity index (χ0) is 44.1. The zero-order valence-electron chi connectivity index (χ0n) is 36.5. The molecule has 2 spiro atoms. The second-order valence-electron chi connectivity index (χ2n) is 20.2. The predicted molar refractivity (Wildman–Crippen MR) is 210 cm³/mol. The van der Waals surface area contributed by atoms with Gasteiger partial charge in [-0.25, -0.2) is 37.1 Å². The third-order valence-electron chi connectivity index (χ3n) is 16.7. The summed E-state index contributed by atoms with van der Waals surface area (Å²) in [4.78, 5) is 51.4. The van der Waals surface area contributed by atoms with E-state index < -0.39 is 101 Å². The van der Waals surface area contributed by atoms with E-state index in [4.69, 9.17) is 38.5 Å². The summed E-state index contributed by atoms with van der Waals surface area (Å²) < 4.78 is 88.7. The second kappa shape index (κ2) is 16.4. The summed E-state index contributed by atoms with van der Waals surface area (Å²) in [6, 6.07) is -1.35. The number of halogens is 4. The number of ether oxygens (including phenoxy) is 4. The summed E-state index contributed by atoms with van der Waals surface area (Å²) in [7, 11) is 0. The fourth-order valence-corrected chi connectivity index (χ4v) is 13.3. The minimum absolute atomic E-state index is 0.0134. The van der Waals surface area contributed by atoms with E-state index in [9.17, 15) is 14.7 Å². The number of carbonyl (C=O) groups is 2. The van der Waals surface area contributed by atoms with E-state index in [0.717, 1.165) is 43.4 Å². The van der Waals surface area contributed by atoms with Crippen LogP contribution >= 0.6 is 0 Å². The molecule has 1 aromatic carbocycles. The summed E-state index contributed by atoms with van der Waals surface area (Å²) in [5, 5.41) is 11.9. The minimum atomic E-state index is -1.67. The van der Waals surface area contributed by atoms with Gasteiger partial charge in [-0.05, 0) is 114 Å². The topological polar surface area (TPSA) is 143 Å². The van der Waals surface area contributed by atoms with Crippen molar-refractivity contribution in [1.82, 2.24) is 5.32 Å². The molecule has 10 aliphatic rings. The number of carboxylic acid groups (broad SMARTS) is 1. The first kappa shape index (κ1) is 44.6. The van der Waals surface area contributed by atoms with E-state index in [1.807, 2.05) is 20.8 Å². The fourth-order valence-electron chi connectivity index (χ4n) is 13.3. The van der Waals surface area contributed by atoms with E-state index >= 15 is 17.6 Å². The molecule has 4 bridgehead atoms. The van der Waals surface area contributed by atoms with Gasteiger partial charge in [-0.15, -0.1) is 0 Å². The summed E-state index contributed by atoms with van der Waals surface area (Å²) in [6.45, 7) is 11.2. The van der Waals surface area contributed by atoms with Crippen molar-refractivity contribution in [2.75, 3.05) is 18.0 Å². The number of rotatable bonds is 12. The quantitative estimate of drug-likeness (QED) is 0.121. The third-order valence-corrected chi connectivity index (χ3v) is 16.7. The van der Waals surface area contributed by atoms with E-state index in [-0.39, 0.29) is 67.4 Å². The number of anilines is 1. The van der Waals surface area contributed by atoms with Crippen LogP contribution in [0.25, 0.3) is 0 Å². The second-order valence-corrected chi connectivity index (χ2v) is 20.2. The van der Waals surface area contributed by atoms with Crippen LogP contribution in [0, 0.1) is 70.6 Å². The Bertz CT molecular complexity index is 1870. The van der Waals surface area contributed by atoms with Crippen LogP contribution in [0.1, 0.15) is 119 Å². The van der Waals surface area contributed by atoms with Crippen molar-refractivity contribution in [2.24, 2.45) is 47.3 Å². The Morgan fingerprint density at radius 1 is 0.742 bits per heavy atom. The van der Waals surface area contributed by atoms with Gasteiger partial charge in [-0.2, -0.15) is 0 Å². The molecule has 0 radical (unpaired) electrons. The highest BCUT2D eigenvalue weighted by Gasteiger charge is 2.71. The predicted octanol–water partition coefficient (Wildman–Crippen LogP) is 7.68. The van der Waals surface area contributed by atoms with Crippen molar-refractivity contribution < 1.29 is 70.8 Å². The number of nitrogens with one attached hydrogen (secondary N) is 1. The van der Waals surface area contributed by atoms with Crippen molar-refractivity contribution in [3.63, 3.8) is 0 Å². The first-order valence-corrected chi connectivity index (χ1v) is 22.9. The van der Waals surface area contributed by atoms with Crippen molar-refractivity contribution >= 4 is 17.6 Å². The smallest absolute Gasteiger partial charge is 0.322 e. The number of hydrogen-bond donors (Lipinski definition) is 2. The van der Waals surface area contributed by atoms with Crippen molar-refractivity contribution in [2.45, 2.75) is 172 Å². The Balaban J connectivity index is 0.996. The van der Waals surface area contributed by atoms with Crippen LogP contribution in [0.2, 0.25) is 0 Å². The van der Waals surface area contributed by atoms with Crippen molar-refractivity contribution in [3.8, 4) is 0 Å². The number of fused-ring (bicyclic) bond motifs is 4. The van der Waals surface area contributed by atoms with Gasteiger partial charge < -0.3 is 34.3 Å². The Morgan fingerprint density at radius 3 is 1.74 bits per heavy atom. The Kier molecular flexibility index (Phi) is 11.8. The molecule has 8 saturated heterocycles. The molecule has 1 unspecified atom stereocenters. The molecular formula is C45H62F4N2O11. The molecule has 8 heterocycles. The van der Waals surface area contributed by atoms with Crippen LogP contribution in [-0.2, 0) is 48.1 Å². The van der Waals surface area contributed by atoms with Crippen molar-refractivity contribution in [3.05, 3.63) is 29.3 Å². The SMILES string of the molecule is C[C@H]1[C@@H](CCCN(c2c(F)c(F)cc(F)c2F)C(CC[C@H]2O[C@@H]3O[C@@]4(C)CC[C@H]5[C@H](C)CC[C@@H]([C@H]2C)[C@@]35OO4)C(=O)NCC(=O)O)O[C@@H]2O[C@@]3(C)CC[C@H]4[C@H](C)CC[C@@H]1[C@@]24OO3. The number of benzene rings is 1. The molecule has 2 saturated carbocycles. The molecule has 2 aliphatic carbocycles. The first-order chi connectivity index (χ1) is 29.4. The molecule has 13 nitrogen and oxygen atoms in total. The fraction of sp³-hybridized carbons (Fsp3) is 0.822. The molecule has 1 aromatic rings. The Morgan fingerprint density at radius 2 is 1.24 bits per heavy atom. The standard InChI is InChI=1S/C45H62F4N2O11/c1-22-9-11-28-24(3)33(55-40-44(28)26(22)15-17-42(5,57-40)59-61-44)8-7-19-51(38-36(48)30(46)20-31(47)37(38)49)32(39(54)50-21-35(52)53)13-14-34-25(4)29-12-10-23(2)27-16-18-43(6)58-41(56-34)45(27,29)62-60-43/h20,22-29,32-34,40-41H,7-19,21H2,1-6H3,(H,50,54)(H,52,53)/t22-,23-,24-,25-,26+,27+,28+,29+,32?,33-,34-,40-,41-,42-,43-,44-,45-/m1/s1. The lowest BCUT2D eigenvalue weighted by atomic mass is 9.57. The average Bonchev–Trinajstić information content (AvgIpc) is 3.60. The highest BCUT2D eigenvalue weighted by Crippen LogP contribution is 2.62. The first-order valence-electron chi connectivity index (χ1n) is 22.9. The number of nitrogens with zero attached hydrogens (tertiary/aromatic N) is 1. The lowest BCUT2D eigenvalue weighted by Crippen LogP contribution is -2.70. The number of aliphatic carboxylic acids is 1. The lowest BCUT2D eigenvalue weighted by Gasteiger charge is -2.60. The lowest BCUT2D eigenvalue weighted by molar-refractivity contribution is -0.571. The molecule has 8 aliphatic heterocycles. The molecule has 17 heteroatoms. The Hall–Kier alpha value is -2.64. The van der Waals surface area contributed by atoms with Gasteiger partial charge in [0.05, 0.1) is 12.2 Å². The van der Waals surface area contributed by atoms with E-state index in [2.05, 4.69) is 26.1 Å². The molecular weight excluding hydrogens is 820 g/mol. The van der Waals surface area contributed by atoms with Crippen LogP contribution in [0.15, 0.2) is 6.07 Å². The van der Waals surface area contributed by atoms with Crippen LogP contribution < -0.4 is 10.2 Å². The van der Waals surface area contributed by atoms with Gasteiger partial charge in [0.25, 0.3) is 0 Å². The van der Waals surface area contributed by atoms with Crippen LogP contribution in [0.5, 0.6) is 0 Å². The molecule has 11 rings (SSSR count). The van der Waals surface area contributed by atoms with Gasteiger partial charge in [-0.3, -0.25) is 9.59 Å². The molecule has 10 fully saturated rings. The summed E-state index contributed by atoms with van der Waals surface area (Å²) >= 11 is 0. The van der Waals surface area contributed by atoms with Gasteiger partial charge in [0, 0.05) is 37.3 Å². The summed E-state index contributed by atoms with van der Waals surface area (Å²) in [5.41, 5.74) is -2.71. The van der Waals surface area contributed by atoms with Crippen LogP contribution in [-0.4, -0.2) is 83.7 Å². The molecule has 346 valence electrons. The van der Waals surface area contributed by atoms with E-state index in [1.165, 1.54) is 0 Å². The van der Waals surface area contributed by atoms with Gasteiger partial charge in [0.2, 0.25) is 17.5 Å². The van der Waals surface area contributed by atoms with E-state index in [1.54, 1.807) is 0 Å². The Labute approximate surface area is 359 Å². The van der Waals surface area contributed by atoms with Gasteiger partial charge in [-0.1, -0.05) is 27.7 Å². The van der Waals surface area contributed by atoms with Gasteiger partial charge in [0.1, 0.15) is 18.3 Å². The molecule has 1 amide bonds. The maximum atomic E-state index is 16.0. The summed E-state index contributed by atoms with van der Waals surface area (Å²) in [6.07, 6.45) is 4.59. The van der Waals surface area contributed by atoms with Crippen molar-refractivity contribution in [1.29, 1.82) is 0 Å². The summed E-state index contributed by atoms with van der Waals surface area (Å²) in [5.74, 6) is -10.2. The average molecular weight is 883 g/mol. The maximum absolute atomic E-state index is 16.0. The number of carboxylic acids is 1. The highest BCUT2D eigenvalue weighted by molar-refractivity contribution is 5.88. The van der Waals surface area contributed by atoms with Crippen LogP contribution in [0.3, 0.4) is 0 Å². The van der Waals surface area contributed by atoms with Gasteiger partial charge >= 0.3 is 5.97 Å². The largest absolute Gasteiger partial charge is 0.480 e. The number of carbonyl (C=O) groups excluding carboxylic acids is 1. The normalized spacial score (nSPS) is 44.7. The molecule has 0 aromatic heterocycles. The number of hydrogen-bond acceptors (Lipinski definition) is 11. The minimum Gasteiger partial charge on any atom is -0.480 e. The molecule has 62 heavy (non-hydrogen) atoms. The highest BCUT2D eigenvalue weighted by atomic mass is 19.2. The molecule has 2 N–H and O–H groups in total. The van der Waals surface area contributed by atoms with E-state index in [0.29, 0.717) is 31.1 Å². The third kappa shape index (κ3) is 7.17. The molecule has 17 atom stereocenters. The zero-order valence-corrected chi connectivity index (χ0v) is 36.5. The van der Waals surface area contributed by atoms with Gasteiger partial charge in [0.15, 0.2) is 47.1 Å².